The van der Waals surface area contributed by atoms with E-state index < -0.39 is 0 Å². The van der Waals surface area contributed by atoms with Crippen molar-refractivity contribution in [3.8, 4) is 0 Å². The van der Waals surface area contributed by atoms with E-state index in [9.17, 15) is 9.59 Å². The van der Waals surface area contributed by atoms with E-state index in [0.29, 0.717) is 11.6 Å². The minimum atomic E-state index is -0.348. The third kappa shape index (κ3) is 2.71. The van der Waals surface area contributed by atoms with E-state index >= 15 is 0 Å². The van der Waals surface area contributed by atoms with Crippen LogP contribution in [0.3, 0.4) is 0 Å². The summed E-state index contributed by atoms with van der Waals surface area (Å²) >= 11 is 0. The summed E-state index contributed by atoms with van der Waals surface area (Å²) in [5.41, 5.74) is 6.37. The summed E-state index contributed by atoms with van der Waals surface area (Å²) < 4.78 is 0. The number of benzene rings is 1. The molecule has 27 heavy (non-hydrogen) atoms. The van der Waals surface area contributed by atoms with Crippen LogP contribution in [0.5, 0.6) is 0 Å². The number of Topliss-reactive ketones (excluding diaryl/α,β-unsaturated/α-hetero) is 1. The van der Waals surface area contributed by atoms with Crippen molar-refractivity contribution in [1.82, 2.24) is 9.80 Å². The van der Waals surface area contributed by atoms with Crippen LogP contribution in [0.25, 0.3) is 11.6 Å². The first-order valence-corrected chi connectivity index (χ1v) is 9.67. The molecule has 4 heteroatoms. The second-order valence-electron chi connectivity index (χ2n) is 7.82. The maximum Gasteiger partial charge on any atom is 0.299 e. The average Bonchev–Trinajstić information content (AvgIpc) is 3.12. The third-order valence-electron chi connectivity index (χ3n) is 6.46. The van der Waals surface area contributed by atoms with Crippen molar-refractivity contribution in [2.45, 2.75) is 45.2 Å². The number of hydrogen-bond acceptors (Lipinski definition) is 3. The molecule has 1 aromatic rings. The largest absolute Gasteiger partial charge is 0.306 e. The van der Waals surface area contributed by atoms with Gasteiger partial charge in [-0.1, -0.05) is 37.4 Å². The first-order chi connectivity index (χ1) is 12.9. The van der Waals surface area contributed by atoms with Gasteiger partial charge in [-0.05, 0) is 55.4 Å². The summed E-state index contributed by atoms with van der Waals surface area (Å²) in [4.78, 5) is 28.6. The molecule has 0 radical (unpaired) electrons. The molecule has 2 heterocycles. The van der Waals surface area contributed by atoms with E-state index in [2.05, 4.69) is 36.3 Å². The minimum Gasteiger partial charge on any atom is -0.306 e. The number of ketones is 1. The van der Waals surface area contributed by atoms with Gasteiger partial charge in [0, 0.05) is 36.4 Å². The molecule has 1 aliphatic carbocycles. The van der Waals surface area contributed by atoms with Crippen LogP contribution in [-0.2, 0) is 9.59 Å². The molecule has 1 unspecified atom stereocenters. The second-order valence-corrected chi connectivity index (χ2v) is 7.82. The van der Waals surface area contributed by atoms with Crippen LogP contribution in [0.1, 0.15) is 55.8 Å². The predicted octanol–water partition coefficient (Wildman–Crippen LogP) is 3.96. The Morgan fingerprint density at radius 3 is 2.44 bits per heavy atom. The number of likely N-dealkylation sites (tertiary alicyclic amines) is 1. The van der Waals surface area contributed by atoms with E-state index in [4.69, 9.17) is 0 Å². The summed E-state index contributed by atoms with van der Waals surface area (Å²) in [5.74, 6) is -0.688. The molecular formula is C23H26N2O2. The maximum atomic E-state index is 12.3. The number of nitrogens with zero attached hydrogens (tertiary/aromatic N) is 2. The van der Waals surface area contributed by atoms with Crippen molar-refractivity contribution in [3.05, 3.63) is 59.3 Å². The van der Waals surface area contributed by atoms with Crippen LogP contribution in [0.15, 0.2) is 42.6 Å². The number of allylic oxidation sites excluding steroid dienone is 1. The number of fused-ring (bicyclic) bond motifs is 1. The quantitative estimate of drug-likeness (QED) is 0.764. The van der Waals surface area contributed by atoms with Gasteiger partial charge in [0.25, 0.3) is 5.91 Å². The molecular weight excluding hydrogens is 336 g/mol. The molecule has 0 bridgehead atoms. The molecule has 1 atom stereocenters. The Balaban J connectivity index is 1.50. The number of hydrogen-bond donors (Lipinski definition) is 0. The Bertz CT molecular complexity index is 888. The molecule has 1 aromatic carbocycles. The summed E-state index contributed by atoms with van der Waals surface area (Å²) in [7, 11) is 0. The lowest BCUT2D eigenvalue weighted by Gasteiger charge is -2.39. The Labute approximate surface area is 160 Å². The fourth-order valence-electron chi connectivity index (χ4n) is 4.88. The first kappa shape index (κ1) is 17.9. The monoisotopic (exact) mass is 362 g/mol. The van der Waals surface area contributed by atoms with Crippen LogP contribution in [0.4, 0.5) is 0 Å². The van der Waals surface area contributed by atoms with E-state index in [1.54, 1.807) is 11.8 Å². The van der Waals surface area contributed by atoms with Crippen molar-refractivity contribution >= 4 is 23.3 Å². The third-order valence-corrected chi connectivity index (χ3v) is 6.46. The average molecular weight is 362 g/mol. The van der Waals surface area contributed by atoms with Crippen molar-refractivity contribution < 1.29 is 9.59 Å². The summed E-state index contributed by atoms with van der Waals surface area (Å²) in [6, 6.07) is 6.87. The first-order valence-electron chi connectivity index (χ1n) is 9.67. The van der Waals surface area contributed by atoms with Crippen LogP contribution < -0.4 is 0 Å². The van der Waals surface area contributed by atoms with Gasteiger partial charge in [0.1, 0.15) is 0 Å². The summed E-state index contributed by atoms with van der Waals surface area (Å²) in [6.07, 6.45) is 4.64. The lowest BCUT2D eigenvalue weighted by atomic mass is 9.97. The fraction of sp³-hybridized carbons (Fsp3) is 0.391. The van der Waals surface area contributed by atoms with Gasteiger partial charge in [0.05, 0.1) is 0 Å². The second kappa shape index (κ2) is 6.61. The molecule has 3 aliphatic rings. The van der Waals surface area contributed by atoms with Crippen molar-refractivity contribution in [2.75, 3.05) is 13.1 Å². The van der Waals surface area contributed by atoms with Gasteiger partial charge in [-0.3, -0.25) is 14.5 Å². The van der Waals surface area contributed by atoms with Gasteiger partial charge >= 0.3 is 0 Å². The Morgan fingerprint density at radius 2 is 1.85 bits per heavy atom. The smallest absolute Gasteiger partial charge is 0.299 e. The van der Waals surface area contributed by atoms with E-state index in [1.165, 1.54) is 16.7 Å². The molecule has 0 spiro atoms. The normalized spacial score (nSPS) is 24.1. The molecule has 4 nitrogen and oxygen atoms in total. The van der Waals surface area contributed by atoms with Gasteiger partial charge in [-0.2, -0.15) is 0 Å². The molecule has 0 N–H and O–H groups in total. The zero-order valence-electron chi connectivity index (χ0n) is 16.1. The molecule has 4 rings (SSSR count). The lowest BCUT2D eigenvalue weighted by Crippen LogP contribution is -2.46. The molecule has 1 saturated heterocycles. The highest BCUT2D eigenvalue weighted by Gasteiger charge is 2.40. The highest BCUT2D eigenvalue weighted by atomic mass is 16.2. The zero-order valence-corrected chi connectivity index (χ0v) is 16.1. The topological polar surface area (TPSA) is 40.6 Å². The molecule has 0 aromatic heterocycles. The Morgan fingerprint density at radius 1 is 1.15 bits per heavy atom. The van der Waals surface area contributed by atoms with Gasteiger partial charge in [0.2, 0.25) is 5.78 Å². The van der Waals surface area contributed by atoms with Gasteiger partial charge in [0.15, 0.2) is 0 Å². The SMILES string of the molecule is C=Cc1cccc2c1C(=C)CC2N1CCC(N2C(=O)C(=O)C(C)=C2C)CC1. The van der Waals surface area contributed by atoms with Gasteiger partial charge in [-0.25, -0.2) is 0 Å². The predicted molar refractivity (Wildman–Crippen MR) is 108 cm³/mol. The summed E-state index contributed by atoms with van der Waals surface area (Å²) in [5, 5.41) is 0. The molecule has 0 saturated carbocycles. The number of piperidine rings is 1. The Kier molecular flexibility index (Phi) is 4.39. The van der Waals surface area contributed by atoms with Crippen LogP contribution >= 0.6 is 0 Å². The van der Waals surface area contributed by atoms with Crippen molar-refractivity contribution in [2.24, 2.45) is 0 Å². The number of carbonyl (C=O) groups excluding carboxylic acids is 2. The van der Waals surface area contributed by atoms with Crippen LogP contribution in [-0.4, -0.2) is 40.6 Å². The van der Waals surface area contributed by atoms with E-state index in [-0.39, 0.29) is 17.7 Å². The van der Waals surface area contributed by atoms with Gasteiger partial charge in [-0.15, -0.1) is 0 Å². The standard InChI is InChI=1S/C23H26N2O2/c1-5-17-7-6-8-19-20(13-14(2)21(17)19)24-11-9-18(10-12-24)25-16(4)15(3)22(26)23(25)27/h5-8,18,20H,1-2,9-13H2,3-4H3. The van der Waals surface area contributed by atoms with Crippen molar-refractivity contribution in [3.63, 3.8) is 0 Å². The molecule has 140 valence electrons. The Hall–Kier alpha value is -2.46. The summed E-state index contributed by atoms with van der Waals surface area (Å²) in [6.45, 7) is 13.7. The number of amides is 1. The molecule has 1 fully saturated rings. The minimum absolute atomic E-state index is 0.124. The van der Waals surface area contributed by atoms with Crippen LogP contribution in [0, 0.1) is 0 Å². The van der Waals surface area contributed by atoms with Gasteiger partial charge < -0.3 is 4.90 Å². The number of carbonyl (C=O) groups is 2. The highest BCUT2D eigenvalue weighted by molar-refractivity contribution is 6.45. The van der Waals surface area contributed by atoms with E-state index in [0.717, 1.165) is 43.6 Å². The van der Waals surface area contributed by atoms with Crippen LogP contribution in [0.2, 0.25) is 0 Å². The highest BCUT2D eigenvalue weighted by Crippen LogP contribution is 2.45. The van der Waals surface area contributed by atoms with Crippen molar-refractivity contribution in [1.29, 1.82) is 0 Å². The molecule has 1 amide bonds. The molecule has 2 aliphatic heterocycles. The fourth-order valence-corrected chi connectivity index (χ4v) is 4.88. The number of rotatable bonds is 3. The maximum absolute atomic E-state index is 12.3. The lowest BCUT2D eigenvalue weighted by molar-refractivity contribution is -0.141. The van der Waals surface area contributed by atoms with E-state index in [1.807, 2.05) is 13.0 Å². The zero-order chi connectivity index (χ0) is 19.3.